The predicted octanol–water partition coefficient (Wildman–Crippen LogP) is 5.64. The van der Waals surface area contributed by atoms with E-state index in [0.29, 0.717) is 12.4 Å². The van der Waals surface area contributed by atoms with Crippen molar-refractivity contribution >= 4 is 33.7 Å². The van der Waals surface area contributed by atoms with Crippen LogP contribution in [0, 0.1) is 6.92 Å². The summed E-state index contributed by atoms with van der Waals surface area (Å²) in [5.74, 6) is 0.579. The van der Waals surface area contributed by atoms with Crippen LogP contribution in [-0.2, 0) is 13.0 Å². The fraction of sp³-hybridized carbons (Fsp3) is 0.280. The second-order valence-corrected chi connectivity index (χ2v) is 8.07. The Kier molecular flexibility index (Phi) is 4.66. The highest BCUT2D eigenvalue weighted by atomic mass is 16.2. The van der Waals surface area contributed by atoms with Crippen molar-refractivity contribution in [1.29, 1.82) is 0 Å². The Bertz CT molecular complexity index is 1250. The molecule has 0 saturated carbocycles. The molecule has 4 aromatic rings. The van der Waals surface area contributed by atoms with Gasteiger partial charge in [0, 0.05) is 29.4 Å². The summed E-state index contributed by atoms with van der Waals surface area (Å²) < 4.78 is 2.42. The van der Waals surface area contributed by atoms with Crippen LogP contribution in [0.2, 0.25) is 0 Å². The van der Waals surface area contributed by atoms with E-state index in [1.165, 1.54) is 22.0 Å². The minimum atomic E-state index is -0.215. The third kappa shape index (κ3) is 3.11. The first kappa shape index (κ1) is 18.7. The van der Waals surface area contributed by atoms with Crippen molar-refractivity contribution < 1.29 is 4.79 Å². The average molecular weight is 399 g/mol. The van der Waals surface area contributed by atoms with Crippen molar-refractivity contribution in [2.24, 2.45) is 0 Å². The Labute approximate surface area is 176 Å². The molecule has 3 heterocycles. The highest BCUT2D eigenvalue weighted by Crippen LogP contribution is 2.39. The maximum absolute atomic E-state index is 12.3. The lowest BCUT2D eigenvalue weighted by Crippen LogP contribution is -2.29. The van der Waals surface area contributed by atoms with Crippen molar-refractivity contribution in [2.75, 3.05) is 11.9 Å². The maximum atomic E-state index is 12.3. The summed E-state index contributed by atoms with van der Waals surface area (Å²) in [7, 11) is 0. The van der Waals surface area contributed by atoms with E-state index in [1.54, 1.807) is 0 Å². The number of urea groups is 1. The zero-order valence-electron chi connectivity index (χ0n) is 17.5. The van der Waals surface area contributed by atoms with Crippen LogP contribution in [0.5, 0.6) is 0 Å². The molecule has 0 spiro atoms. The van der Waals surface area contributed by atoms with Crippen molar-refractivity contribution in [1.82, 2.24) is 14.9 Å². The van der Waals surface area contributed by atoms with E-state index in [1.807, 2.05) is 13.0 Å². The van der Waals surface area contributed by atoms with Crippen LogP contribution in [-0.4, -0.2) is 22.1 Å². The molecule has 30 heavy (non-hydrogen) atoms. The van der Waals surface area contributed by atoms with Gasteiger partial charge in [0.25, 0.3) is 0 Å². The first-order chi connectivity index (χ1) is 14.7. The number of aryl methyl sites for hydroxylation is 3. The van der Waals surface area contributed by atoms with Gasteiger partial charge in [0.15, 0.2) is 0 Å². The summed E-state index contributed by atoms with van der Waals surface area (Å²) in [6, 6.07) is 16.8. The second-order valence-electron chi connectivity index (χ2n) is 8.07. The van der Waals surface area contributed by atoms with E-state index in [4.69, 9.17) is 4.98 Å². The molecule has 2 aromatic heterocycles. The smallest absolute Gasteiger partial charge is 0.320 e. The topological polar surface area (TPSA) is 59.0 Å². The van der Waals surface area contributed by atoms with Crippen LogP contribution in [0.25, 0.3) is 33.1 Å². The van der Waals surface area contributed by atoms with Gasteiger partial charge >= 0.3 is 6.03 Å². The molecule has 1 aliphatic rings. The molecule has 5 rings (SSSR count). The van der Waals surface area contributed by atoms with Gasteiger partial charge in [-0.25, -0.2) is 9.78 Å². The van der Waals surface area contributed by atoms with Crippen molar-refractivity contribution in [3.05, 3.63) is 59.7 Å². The fourth-order valence-electron chi connectivity index (χ4n) is 4.48. The third-order valence-corrected chi connectivity index (χ3v) is 5.87. The van der Waals surface area contributed by atoms with Crippen LogP contribution in [0.15, 0.2) is 48.5 Å². The van der Waals surface area contributed by atoms with Gasteiger partial charge in [0.1, 0.15) is 5.82 Å². The van der Waals surface area contributed by atoms with Crippen LogP contribution in [0.3, 0.4) is 0 Å². The number of hydrogen-bond acceptors (Lipinski definition) is 2. The summed E-state index contributed by atoms with van der Waals surface area (Å²) in [6.45, 7) is 5.75. The lowest BCUT2D eigenvalue weighted by atomic mass is 10.0. The van der Waals surface area contributed by atoms with Crippen molar-refractivity contribution in [3.63, 3.8) is 0 Å². The molecule has 2 N–H and O–H groups in total. The highest BCUT2D eigenvalue weighted by Gasteiger charge is 2.22. The molecule has 5 nitrogen and oxygen atoms in total. The van der Waals surface area contributed by atoms with Gasteiger partial charge in [-0.2, -0.15) is 0 Å². The number of rotatable bonds is 4. The third-order valence-electron chi connectivity index (χ3n) is 5.87. The van der Waals surface area contributed by atoms with Gasteiger partial charge in [0.2, 0.25) is 0 Å². The van der Waals surface area contributed by atoms with Gasteiger partial charge < -0.3 is 9.88 Å². The van der Waals surface area contributed by atoms with E-state index >= 15 is 0 Å². The Morgan fingerprint density at radius 2 is 1.93 bits per heavy atom. The summed E-state index contributed by atoms with van der Waals surface area (Å²) >= 11 is 0. The number of anilines is 1. The van der Waals surface area contributed by atoms with E-state index in [9.17, 15) is 4.79 Å². The summed E-state index contributed by atoms with van der Waals surface area (Å²) in [4.78, 5) is 17.2. The van der Waals surface area contributed by atoms with Crippen molar-refractivity contribution in [2.45, 2.75) is 39.7 Å². The highest BCUT2D eigenvalue weighted by molar-refractivity contribution is 6.14. The molecular formula is C25H26N4O. The van der Waals surface area contributed by atoms with Crippen LogP contribution in [0.1, 0.15) is 30.9 Å². The zero-order chi connectivity index (χ0) is 20.7. The van der Waals surface area contributed by atoms with Gasteiger partial charge in [-0.15, -0.1) is 0 Å². The summed E-state index contributed by atoms with van der Waals surface area (Å²) in [5.41, 5.74) is 7.05. The predicted molar refractivity (Wildman–Crippen MR) is 123 cm³/mol. The molecule has 5 heteroatoms. The van der Waals surface area contributed by atoms with Crippen molar-refractivity contribution in [3.8, 4) is 11.3 Å². The van der Waals surface area contributed by atoms with Crippen LogP contribution < -0.4 is 10.6 Å². The van der Waals surface area contributed by atoms with Gasteiger partial charge in [-0.05, 0) is 37.8 Å². The Hall–Kier alpha value is -3.34. The molecule has 0 aliphatic carbocycles. The normalized spacial score (nSPS) is 13.0. The largest absolute Gasteiger partial charge is 0.338 e. The molecule has 0 saturated heterocycles. The number of benzene rings is 2. The second kappa shape index (κ2) is 7.48. The Balaban J connectivity index is 1.76. The molecule has 0 bridgehead atoms. The monoisotopic (exact) mass is 398 g/mol. The summed E-state index contributed by atoms with van der Waals surface area (Å²) in [5, 5.41) is 8.19. The number of pyridine rings is 1. The first-order valence-corrected chi connectivity index (χ1v) is 10.7. The SMILES string of the molecule is CCCNC(=O)Nc1cc2c3cccc4c3n(c2c(-c2ccc(C)cc2)n1)CCC4. The molecule has 1 aliphatic heterocycles. The maximum Gasteiger partial charge on any atom is 0.320 e. The quantitative estimate of drug-likeness (QED) is 0.467. The molecular weight excluding hydrogens is 372 g/mol. The summed E-state index contributed by atoms with van der Waals surface area (Å²) in [6.07, 6.45) is 3.12. The number of hydrogen-bond donors (Lipinski definition) is 2. The Morgan fingerprint density at radius 3 is 2.73 bits per heavy atom. The number of aromatic nitrogens is 2. The molecule has 2 amide bonds. The van der Waals surface area contributed by atoms with Crippen LogP contribution in [0.4, 0.5) is 10.6 Å². The number of amides is 2. The number of nitrogens with one attached hydrogen (secondary N) is 2. The molecule has 0 radical (unpaired) electrons. The minimum Gasteiger partial charge on any atom is -0.338 e. The van der Waals surface area contributed by atoms with Crippen LogP contribution >= 0.6 is 0 Å². The van der Waals surface area contributed by atoms with Gasteiger partial charge in [-0.3, -0.25) is 5.32 Å². The van der Waals surface area contributed by atoms with E-state index < -0.39 is 0 Å². The standard InChI is InChI=1S/C25H26N4O/c1-3-13-26-25(30)28-21-15-20-19-8-4-6-18-7-5-14-29(23(18)19)24(20)22(27-21)17-11-9-16(2)10-12-17/h4,6,8-12,15H,3,5,7,13-14H2,1-2H3,(H2,26,27,28,30). The lowest BCUT2D eigenvalue weighted by molar-refractivity contribution is 0.252. The Morgan fingerprint density at radius 1 is 1.10 bits per heavy atom. The van der Waals surface area contributed by atoms with Gasteiger partial charge in [0.05, 0.1) is 16.7 Å². The molecule has 0 fully saturated rings. The van der Waals surface area contributed by atoms with E-state index in [-0.39, 0.29) is 6.03 Å². The average Bonchev–Trinajstić information content (AvgIpc) is 3.08. The first-order valence-electron chi connectivity index (χ1n) is 10.7. The molecule has 0 unspecified atom stereocenters. The zero-order valence-corrected chi connectivity index (χ0v) is 17.5. The lowest BCUT2D eigenvalue weighted by Gasteiger charge is -2.17. The number of carbonyl (C=O) groups is 1. The fourth-order valence-corrected chi connectivity index (χ4v) is 4.48. The molecule has 0 atom stereocenters. The minimum absolute atomic E-state index is 0.215. The van der Waals surface area contributed by atoms with Gasteiger partial charge in [-0.1, -0.05) is 55.0 Å². The van der Waals surface area contributed by atoms with E-state index in [0.717, 1.165) is 48.0 Å². The molecule has 2 aromatic carbocycles. The number of para-hydroxylation sites is 1. The number of fused-ring (bicyclic) bond motifs is 3. The number of nitrogens with zero attached hydrogens (tertiary/aromatic N) is 2. The number of carbonyl (C=O) groups excluding carboxylic acids is 1. The molecule has 152 valence electrons. The van der Waals surface area contributed by atoms with E-state index in [2.05, 4.69) is 64.6 Å².